The standard InChI is InChI=1S/C19H22FN3O2/c1-13-12-22(10-11-25-13)19(24)18-16-4-2-3-5-17(16)23(21-18)15-8-6-14(20)7-9-15/h6-9,13H,2-5,10-12H2,1H3. The van der Waals surface area contributed by atoms with Crippen molar-refractivity contribution >= 4 is 5.91 Å². The maximum atomic E-state index is 13.3. The lowest BCUT2D eigenvalue weighted by Crippen LogP contribution is -2.45. The van der Waals surface area contributed by atoms with Crippen molar-refractivity contribution in [1.29, 1.82) is 0 Å². The molecule has 2 aromatic rings. The predicted octanol–water partition coefficient (Wildman–Crippen LogP) is 2.75. The van der Waals surface area contributed by atoms with Gasteiger partial charge < -0.3 is 9.64 Å². The second kappa shape index (κ2) is 6.59. The van der Waals surface area contributed by atoms with Crippen molar-refractivity contribution < 1.29 is 13.9 Å². The lowest BCUT2D eigenvalue weighted by Gasteiger charge is -2.31. The van der Waals surface area contributed by atoms with E-state index in [1.807, 2.05) is 16.5 Å². The first-order chi connectivity index (χ1) is 12.1. The van der Waals surface area contributed by atoms with Crippen molar-refractivity contribution in [3.8, 4) is 5.69 Å². The Kier molecular flexibility index (Phi) is 4.29. The number of halogens is 1. The first-order valence-corrected chi connectivity index (χ1v) is 8.91. The molecule has 1 atom stereocenters. The molecule has 2 aliphatic rings. The highest BCUT2D eigenvalue weighted by atomic mass is 19.1. The summed E-state index contributed by atoms with van der Waals surface area (Å²) in [4.78, 5) is 14.9. The molecule has 1 aromatic heterocycles. The summed E-state index contributed by atoms with van der Waals surface area (Å²) >= 11 is 0. The van der Waals surface area contributed by atoms with Crippen LogP contribution in [0.25, 0.3) is 5.69 Å². The minimum Gasteiger partial charge on any atom is -0.375 e. The molecule has 1 aliphatic heterocycles. The maximum absolute atomic E-state index is 13.3. The van der Waals surface area contributed by atoms with E-state index >= 15 is 0 Å². The van der Waals surface area contributed by atoms with Gasteiger partial charge in [-0.25, -0.2) is 9.07 Å². The van der Waals surface area contributed by atoms with Gasteiger partial charge in [0.2, 0.25) is 0 Å². The van der Waals surface area contributed by atoms with Crippen LogP contribution in [0.2, 0.25) is 0 Å². The fourth-order valence-electron chi connectivity index (χ4n) is 3.72. The number of hydrogen-bond acceptors (Lipinski definition) is 3. The number of carbonyl (C=O) groups is 1. The van der Waals surface area contributed by atoms with Gasteiger partial charge in [0, 0.05) is 24.3 Å². The monoisotopic (exact) mass is 343 g/mol. The topological polar surface area (TPSA) is 47.4 Å². The van der Waals surface area contributed by atoms with Gasteiger partial charge in [0.05, 0.1) is 18.4 Å². The van der Waals surface area contributed by atoms with Gasteiger partial charge in [-0.05, 0) is 56.9 Å². The third-order valence-corrected chi connectivity index (χ3v) is 4.98. The summed E-state index contributed by atoms with van der Waals surface area (Å²) in [7, 11) is 0. The van der Waals surface area contributed by atoms with Crippen LogP contribution in [0.3, 0.4) is 0 Å². The van der Waals surface area contributed by atoms with E-state index in [9.17, 15) is 9.18 Å². The van der Waals surface area contributed by atoms with E-state index in [0.717, 1.165) is 42.6 Å². The van der Waals surface area contributed by atoms with Crippen molar-refractivity contribution in [2.24, 2.45) is 0 Å². The van der Waals surface area contributed by atoms with Gasteiger partial charge in [-0.2, -0.15) is 5.10 Å². The average Bonchev–Trinajstić information content (AvgIpc) is 3.01. The Morgan fingerprint density at radius 3 is 2.76 bits per heavy atom. The Bertz CT molecular complexity index is 785. The highest BCUT2D eigenvalue weighted by molar-refractivity contribution is 5.94. The zero-order valence-corrected chi connectivity index (χ0v) is 14.4. The molecular weight excluding hydrogens is 321 g/mol. The van der Waals surface area contributed by atoms with Gasteiger partial charge in [0.15, 0.2) is 5.69 Å². The number of rotatable bonds is 2. The maximum Gasteiger partial charge on any atom is 0.274 e. The molecule has 1 fully saturated rings. The minimum atomic E-state index is -0.275. The smallest absolute Gasteiger partial charge is 0.274 e. The molecule has 0 saturated carbocycles. The molecule has 1 unspecified atom stereocenters. The van der Waals surface area contributed by atoms with Crippen LogP contribution in [0.15, 0.2) is 24.3 Å². The zero-order chi connectivity index (χ0) is 17.4. The predicted molar refractivity (Wildman–Crippen MR) is 91.5 cm³/mol. The number of morpholine rings is 1. The molecule has 25 heavy (non-hydrogen) atoms. The van der Waals surface area contributed by atoms with Gasteiger partial charge in [0.25, 0.3) is 5.91 Å². The van der Waals surface area contributed by atoms with E-state index < -0.39 is 0 Å². The van der Waals surface area contributed by atoms with Gasteiger partial charge in [-0.1, -0.05) is 0 Å². The third-order valence-electron chi connectivity index (χ3n) is 4.98. The van der Waals surface area contributed by atoms with Crippen LogP contribution in [0.1, 0.15) is 41.5 Å². The normalized spacial score (nSPS) is 20.4. The Labute approximate surface area is 146 Å². The number of amides is 1. The van der Waals surface area contributed by atoms with E-state index in [4.69, 9.17) is 4.74 Å². The van der Waals surface area contributed by atoms with Crippen molar-refractivity contribution in [2.75, 3.05) is 19.7 Å². The largest absolute Gasteiger partial charge is 0.375 e. The highest BCUT2D eigenvalue weighted by Crippen LogP contribution is 2.28. The van der Waals surface area contributed by atoms with Crippen LogP contribution in [0.5, 0.6) is 0 Å². The van der Waals surface area contributed by atoms with Crippen molar-refractivity contribution in [3.63, 3.8) is 0 Å². The molecule has 4 rings (SSSR count). The SMILES string of the molecule is CC1CN(C(=O)c2nn(-c3ccc(F)cc3)c3c2CCCC3)CCO1. The van der Waals surface area contributed by atoms with Crippen molar-refractivity contribution in [3.05, 3.63) is 47.0 Å². The van der Waals surface area contributed by atoms with Gasteiger partial charge in [-0.15, -0.1) is 0 Å². The van der Waals surface area contributed by atoms with Crippen LogP contribution >= 0.6 is 0 Å². The lowest BCUT2D eigenvalue weighted by molar-refractivity contribution is -0.0126. The molecule has 2 heterocycles. The summed E-state index contributed by atoms with van der Waals surface area (Å²) in [5.41, 5.74) is 3.49. The summed E-state index contributed by atoms with van der Waals surface area (Å²) < 4.78 is 20.6. The molecule has 132 valence electrons. The van der Waals surface area contributed by atoms with Gasteiger partial charge >= 0.3 is 0 Å². The summed E-state index contributed by atoms with van der Waals surface area (Å²) in [5, 5.41) is 4.65. The highest BCUT2D eigenvalue weighted by Gasteiger charge is 2.30. The van der Waals surface area contributed by atoms with Crippen molar-refractivity contribution in [2.45, 2.75) is 38.7 Å². The molecule has 1 aromatic carbocycles. The Balaban J connectivity index is 1.73. The van der Waals surface area contributed by atoms with E-state index in [1.165, 1.54) is 12.1 Å². The van der Waals surface area contributed by atoms with E-state index in [1.54, 1.807) is 12.1 Å². The summed E-state index contributed by atoms with van der Waals surface area (Å²) in [6, 6.07) is 6.28. The van der Waals surface area contributed by atoms with Crippen LogP contribution in [-0.4, -0.2) is 46.4 Å². The third kappa shape index (κ3) is 3.06. The molecule has 0 N–H and O–H groups in total. The number of nitrogens with zero attached hydrogens (tertiary/aromatic N) is 3. The lowest BCUT2D eigenvalue weighted by atomic mass is 9.95. The molecule has 1 amide bonds. The fraction of sp³-hybridized carbons (Fsp3) is 0.474. The second-order valence-electron chi connectivity index (χ2n) is 6.80. The Morgan fingerprint density at radius 1 is 1.24 bits per heavy atom. The van der Waals surface area contributed by atoms with Crippen molar-refractivity contribution in [1.82, 2.24) is 14.7 Å². The van der Waals surface area contributed by atoms with Crippen LogP contribution in [0.4, 0.5) is 4.39 Å². The number of carbonyl (C=O) groups excluding carboxylic acids is 1. The number of benzene rings is 1. The molecule has 1 aliphatic carbocycles. The quantitative estimate of drug-likeness (QED) is 0.842. The van der Waals surface area contributed by atoms with Gasteiger partial charge in [-0.3, -0.25) is 4.79 Å². The Morgan fingerprint density at radius 2 is 2.00 bits per heavy atom. The van der Waals surface area contributed by atoms with Crippen LogP contribution in [-0.2, 0) is 17.6 Å². The molecule has 0 spiro atoms. The molecule has 1 saturated heterocycles. The molecule has 5 nitrogen and oxygen atoms in total. The van der Waals surface area contributed by atoms with Gasteiger partial charge in [0.1, 0.15) is 5.82 Å². The summed E-state index contributed by atoms with van der Waals surface area (Å²) in [6.45, 7) is 3.73. The zero-order valence-electron chi connectivity index (χ0n) is 14.4. The van der Waals surface area contributed by atoms with Crippen LogP contribution < -0.4 is 0 Å². The van der Waals surface area contributed by atoms with E-state index in [2.05, 4.69) is 5.10 Å². The summed E-state index contributed by atoms with van der Waals surface area (Å²) in [6.07, 6.45) is 3.97. The molecule has 0 bridgehead atoms. The Hall–Kier alpha value is -2.21. The number of aromatic nitrogens is 2. The number of fused-ring (bicyclic) bond motifs is 1. The number of ether oxygens (including phenoxy) is 1. The second-order valence-corrected chi connectivity index (χ2v) is 6.80. The molecule has 6 heteroatoms. The first-order valence-electron chi connectivity index (χ1n) is 8.91. The number of hydrogen-bond donors (Lipinski definition) is 0. The molecule has 0 radical (unpaired) electrons. The fourth-order valence-corrected chi connectivity index (χ4v) is 3.72. The van der Waals surface area contributed by atoms with Crippen LogP contribution in [0, 0.1) is 5.82 Å². The summed E-state index contributed by atoms with van der Waals surface area (Å²) in [5.74, 6) is -0.294. The van der Waals surface area contributed by atoms with E-state index in [-0.39, 0.29) is 17.8 Å². The molecular formula is C19H22FN3O2. The van der Waals surface area contributed by atoms with E-state index in [0.29, 0.717) is 25.4 Å². The average molecular weight is 343 g/mol. The first kappa shape index (κ1) is 16.3. The minimum absolute atomic E-state index is 0.0193.